The van der Waals surface area contributed by atoms with Crippen LogP contribution in [0.3, 0.4) is 0 Å². The zero-order chi connectivity index (χ0) is 31.0. The summed E-state index contributed by atoms with van der Waals surface area (Å²) in [5.41, 5.74) is 6.14. The number of fused-ring (bicyclic) bond motifs is 1. The van der Waals surface area contributed by atoms with Crippen LogP contribution in [0.2, 0.25) is 0 Å². The van der Waals surface area contributed by atoms with Crippen LogP contribution in [0.15, 0.2) is 105 Å². The highest BCUT2D eigenvalue weighted by atomic mass is 79.9. The van der Waals surface area contributed by atoms with Crippen molar-refractivity contribution >= 4 is 45.0 Å². The Hall–Kier alpha value is -4.47. The Morgan fingerprint density at radius 1 is 1.02 bits per heavy atom. The van der Waals surface area contributed by atoms with E-state index in [0.717, 1.165) is 38.2 Å². The molecule has 0 unspecified atom stereocenters. The molecule has 6 rings (SSSR count). The van der Waals surface area contributed by atoms with Gasteiger partial charge in [0.05, 0.1) is 35.6 Å². The number of rotatable bonds is 7. The van der Waals surface area contributed by atoms with E-state index in [1.807, 2.05) is 79.7 Å². The average molecular weight is 669 g/mol. The minimum Gasteiger partial charge on any atom is -0.497 e. The molecule has 1 aliphatic rings. The molecule has 44 heavy (non-hydrogen) atoms. The van der Waals surface area contributed by atoms with Crippen LogP contribution in [0, 0.1) is 13.8 Å². The molecular weight excluding hydrogens is 638 g/mol. The molecule has 222 valence electrons. The highest BCUT2D eigenvalue weighted by Gasteiger charge is 2.35. The third-order valence-electron chi connectivity index (χ3n) is 7.65. The molecule has 0 radical (unpaired) electrons. The molecule has 7 nitrogen and oxygen atoms in total. The zero-order valence-electron chi connectivity index (χ0n) is 24.7. The molecule has 0 saturated heterocycles. The van der Waals surface area contributed by atoms with Crippen molar-refractivity contribution in [3.8, 4) is 11.4 Å². The first-order valence-electron chi connectivity index (χ1n) is 14.2. The quantitative estimate of drug-likeness (QED) is 0.196. The number of methoxy groups -OCH3 is 1. The number of aryl methyl sites for hydroxylation is 1. The highest BCUT2D eigenvalue weighted by molar-refractivity contribution is 9.10. The molecule has 1 atom stereocenters. The van der Waals surface area contributed by atoms with Gasteiger partial charge in [-0.1, -0.05) is 69.7 Å². The van der Waals surface area contributed by atoms with Crippen molar-refractivity contribution in [2.24, 2.45) is 4.99 Å². The van der Waals surface area contributed by atoms with Crippen molar-refractivity contribution in [3.63, 3.8) is 0 Å². The van der Waals surface area contributed by atoms with Gasteiger partial charge < -0.3 is 14.0 Å². The van der Waals surface area contributed by atoms with E-state index < -0.39 is 12.0 Å². The fourth-order valence-corrected chi connectivity index (χ4v) is 6.86. The van der Waals surface area contributed by atoms with E-state index in [2.05, 4.69) is 45.6 Å². The molecule has 5 aromatic rings. The second-order valence-corrected chi connectivity index (χ2v) is 12.3. The number of aromatic nitrogens is 2. The first-order valence-corrected chi connectivity index (χ1v) is 15.8. The summed E-state index contributed by atoms with van der Waals surface area (Å²) in [5.74, 6) is 0.162. The number of carbonyl (C=O) groups excluding carboxylic acids is 1. The lowest BCUT2D eigenvalue weighted by Crippen LogP contribution is -2.40. The predicted molar refractivity (Wildman–Crippen MR) is 177 cm³/mol. The summed E-state index contributed by atoms with van der Waals surface area (Å²) >= 11 is 4.82. The van der Waals surface area contributed by atoms with Crippen LogP contribution in [-0.2, 0) is 9.53 Å². The van der Waals surface area contributed by atoms with Gasteiger partial charge in [-0.3, -0.25) is 9.36 Å². The summed E-state index contributed by atoms with van der Waals surface area (Å²) in [6.07, 6.45) is 1.92. The Morgan fingerprint density at radius 3 is 2.39 bits per heavy atom. The Bertz CT molecular complexity index is 2070. The average Bonchev–Trinajstić information content (AvgIpc) is 3.50. The molecule has 0 bridgehead atoms. The maximum Gasteiger partial charge on any atom is 0.338 e. The van der Waals surface area contributed by atoms with Gasteiger partial charge in [0.15, 0.2) is 4.80 Å². The minimum absolute atomic E-state index is 0.193. The van der Waals surface area contributed by atoms with Crippen molar-refractivity contribution in [2.75, 3.05) is 13.7 Å². The molecule has 9 heteroatoms. The molecule has 0 amide bonds. The SMILES string of the molecule is CCOC(=O)C1=C(c2ccccc2)N=c2s/c(=C\c3cc(C)n(-c4ccc(Br)cc4)c3C)c(=O)n2[C@H]1c1ccc(OC)cc1. The Labute approximate surface area is 267 Å². The van der Waals surface area contributed by atoms with Gasteiger partial charge in [0.1, 0.15) is 5.75 Å². The maximum atomic E-state index is 14.3. The second-order valence-electron chi connectivity index (χ2n) is 10.3. The van der Waals surface area contributed by atoms with E-state index in [-0.39, 0.29) is 12.2 Å². The number of halogens is 1. The lowest BCUT2D eigenvalue weighted by Gasteiger charge is -2.26. The normalized spacial score (nSPS) is 14.8. The standard InChI is InChI=1S/C35H30BrN3O4S/c1-5-43-34(41)30-31(23-9-7-6-8-10-23)37-35-39(32(30)24-11-17-28(42-4)18-12-24)33(40)29(44-35)20-25-19-21(2)38(22(25)3)27-15-13-26(36)14-16-27/h6-20,32H,5H2,1-4H3/b29-20-/t32-/m0/s1. The molecular formula is C35H30BrN3O4S. The van der Waals surface area contributed by atoms with Gasteiger partial charge in [-0.05, 0) is 80.4 Å². The topological polar surface area (TPSA) is 74.8 Å². The number of esters is 1. The van der Waals surface area contributed by atoms with Gasteiger partial charge in [0, 0.05) is 27.1 Å². The summed E-state index contributed by atoms with van der Waals surface area (Å²) in [6, 6.07) is 26.4. The first kappa shape index (κ1) is 29.6. The van der Waals surface area contributed by atoms with E-state index in [1.165, 1.54) is 11.3 Å². The number of hydrogen-bond donors (Lipinski definition) is 0. The fourth-order valence-electron chi connectivity index (χ4n) is 5.60. The number of nitrogens with zero attached hydrogens (tertiary/aromatic N) is 3. The van der Waals surface area contributed by atoms with Gasteiger partial charge in [-0.2, -0.15) is 0 Å². The summed E-state index contributed by atoms with van der Waals surface area (Å²) in [6.45, 7) is 6.06. The Kier molecular flexibility index (Phi) is 8.25. The van der Waals surface area contributed by atoms with Crippen LogP contribution in [0.25, 0.3) is 17.5 Å². The van der Waals surface area contributed by atoms with Crippen molar-refractivity contribution in [1.29, 1.82) is 0 Å². The van der Waals surface area contributed by atoms with Crippen molar-refractivity contribution < 1.29 is 14.3 Å². The predicted octanol–water partition coefficient (Wildman–Crippen LogP) is 6.11. The molecule has 0 fully saturated rings. The van der Waals surface area contributed by atoms with E-state index in [1.54, 1.807) is 18.6 Å². The molecule has 0 saturated carbocycles. The molecule has 1 aliphatic heterocycles. The molecule has 3 aromatic carbocycles. The number of ether oxygens (including phenoxy) is 2. The van der Waals surface area contributed by atoms with Crippen LogP contribution in [0.5, 0.6) is 5.75 Å². The maximum absolute atomic E-state index is 14.3. The van der Waals surface area contributed by atoms with Gasteiger partial charge in [0.25, 0.3) is 5.56 Å². The van der Waals surface area contributed by atoms with Gasteiger partial charge in [-0.15, -0.1) is 0 Å². The third-order valence-corrected chi connectivity index (χ3v) is 9.16. The van der Waals surface area contributed by atoms with Crippen molar-refractivity contribution in [3.05, 3.63) is 143 Å². The van der Waals surface area contributed by atoms with Gasteiger partial charge in [0.2, 0.25) is 0 Å². The lowest BCUT2D eigenvalue weighted by molar-refractivity contribution is -0.138. The first-order chi connectivity index (χ1) is 21.3. The third kappa shape index (κ3) is 5.37. The van der Waals surface area contributed by atoms with Gasteiger partial charge >= 0.3 is 5.97 Å². The monoisotopic (exact) mass is 667 g/mol. The molecule has 2 aromatic heterocycles. The zero-order valence-corrected chi connectivity index (χ0v) is 27.1. The van der Waals surface area contributed by atoms with E-state index in [0.29, 0.717) is 26.4 Å². The largest absolute Gasteiger partial charge is 0.497 e. The lowest BCUT2D eigenvalue weighted by atomic mass is 9.93. The Morgan fingerprint density at radius 2 is 1.73 bits per heavy atom. The van der Waals surface area contributed by atoms with E-state index in [4.69, 9.17) is 14.5 Å². The fraction of sp³-hybridized carbons (Fsp3) is 0.171. The molecule has 3 heterocycles. The number of benzene rings is 3. The van der Waals surface area contributed by atoms with Crippen molar-refractivity contribution in [1.82, 2.24) is 9.13 Å². The van der Waals surface area contributed by atoms with E-state index >= 15 is 0 Å². The van der Waals surface area contributed by atoms with Crippen LogP contribution in [-0.4, -0.2) is 28.8 Å². The van der Waals surface area contributed by atoms with Gasteiger partial charge in [-0.25, -0.2) is 9.79 Å². The summed E-state index contributed by atoms with van der Waals surface area (Å²) < 4.78 is 16.3. The minimum atomic E-state index is -0.747. The molecule has 0 aliphatic carbocycles. The number of hydrogen-bond acceptors (Lipinski definition) is 6. The number of carbonyl (C=O) groups is 1. The molecule has 0 N–H and O–H groups in total. The van der Waals surface area contributed by atoms with E-state index in [9.17, 15) is 9.59 Å². The summed E-state index contributed by atoms with van der Waals surface area (Å²) in [5, 5.41) is 0. The van der Waals surface area contributed by atoms with Crippen LogP contribution in [0.4, 0.5) is 0 Å². The van der Waals surface area contributed by atoms with Crippen LogP contribution < -0.4 is 19.6 Å². The van der Waals surface area contributed by atoms with Crippen LogP contribution >= 0.6 is 27.3 Å². The van der Waals surface area contributed by atoms with Crippen molar-refractivity contribution in [2.45, 2.75) is 26.8 Å². The number of thiazole rings is 1. The summed E-state index contributed by atoms with van der Waals surface area (Å²) in [4.78, 5) is 33.4. The summed E-state index contributed by atoms with van der Waals surface area (Å²) in [7, 11) is 1.60. The highest BCUT2D eigenvalue weighted by Crippen LogP contribution is 2.35. The smallest absolute Gasteiger partial charge is 0.338 e. The second kappa shape index (κ2) is 12.3. The Balaban J connectivity index is 1.59. The molecule has 0 spiro atoms. The van der Waals surface area contributed by atoms with Crippen LogP contribution in [0.1, 0.15) is 41.0 Å².